The molecular weight excluding hydrogens is 156 g/mol. The Labute approximate surface area is 73.4 Å². The minimum Gasteiger partial charge on any atom is -0.182 e. The molecule has 1 fully saturated rings. The van der Waals surface area contributed by atoms with Crippen molar-refractivity contribution >= 4 is 0 Å². The molecule has 12 heavy (non-hydrogen) atoms. The molecule has 0 aromatic heterocycles. The second-order valence-corrected chi connectivity index (χ2v) is 4.59. The van der Waals surface area contributed by atoms with Crippen LogP contribution in [0.1, 0.15) is 40.5 Å². The molecule has 0 spiro atoms. The van der Waals surface area contributed by atoms with Gasteiger partial charge in [0, 0.05) is 11.1 Å². The normalized spacial score (nSPS) is 27.8. The van der Waals surface area contributed by atoms with Gasteiger partial charge in [0.15, 0.2) is 0 Å². The zero-order chi connectivity index (χ0) is 9.41. The monoisotopic (exact) mass is 173 g/mol. The van der Waals surface area contributed by atoms with Crippen molar-refractivity contribution in [2.45, 2.75) is 51.6 Å². The maximum atomic E-state index is 10.1. The van der Waals surface area contributed by atoms with E-state index in [1.165, 1.54) is 5.64 Å². The van der Waals surface area contributed by atoms with Crippen molar-refractivity contribution in [1.82, 2.24) is 10.7 Å². The summed E-state index contributed by atoms with van der Waals surface area (Å²) in [5.41, 5.74) is 1.39. The number of hydrogen-bond acceptors (Lipinski definition) is 3. The van der Waals surface area contributed by atoms with Crippen LogP contribution in [0.3, 0.4) is 0 Å². The minimum absolute atomic E-state index is 0.0547. The summed E-state index contributed by atoms with van der Waals surface area (Å²) in [6, 6.07) is 0. The molecule has 1 saturated heterocycles. The predicted octanol–water partition coefficient (Wildman–Crippen LogP) is 1.42. The third-order valence-corrected chi connectivity index (χ3v) is 2.58. The number of nitrogens with zero attached hydrogens (tertiary/aromatic N) is 1. The van der Waals surface area contributed by atoms with E-state index in [2.05, 4.69) is 27.7 Å². The van der Waals surface area contributed by atoms with E-state index < -0.39 is 0 Å². The summed E-state index contributed by atoms with van der Waals surface area (Å²) in [5, 5.41) is 11.9. The Morgan fingerprint density at radius 1 is 1.17 bits per heavy atom. The van der Waals surface area contributed by atoms with Crippen molar-refractivity contribution in [2.75, 3.05) is 0 Å². The molecule has 1 N–H and O–H groups in total. The highest BCUT2D eigenvalue weighted by Crippen LogP contribution is 2.39. The number of hydrogen-bond donors (Lipinski definition) is 1. The Bertz CT molecular complexity index is 152. The van der Waals surface area contributed by atoms with Gasteiger partial charge in [-0.3, -0.25) is 0 Å². The van der Waals surface area contributed by atoms with Gasteiger partial charge in [0.1, 0.15) is 0 Å². The van der Waals surface area contributed by atoms with Crippen LogP contribution in [0, 0.1) is 0 Å². The van der Waals surface area contributed by atoms with Crippen LogP contribution in [0.5, 0.6) is 0 Å². The highest BCUT2D eigenvalue weighted by atomic mass is 16.9. The van der Waals surface area contributed by atoms with Crippen LogP contribution < -0.4 is 5.64 Å². The fraction of sp³-hybridized carbons (Fsp3) is 1.00. The fourth-order valence-electron chi connectivity index (χ4n) is 1.92. The van der Waals surface area contributed by atoms with Gasteiger partial charge in [-0.2, -0.15) is 10.0 Å². The van der Waals surface area contributed by atoms with Crippen LogP contribution in [0.2, 0.25) is 0 Å². The summed E-state index contributed by atoms with van der Waals surface area (Å²) in [4.78, 5) is 4.86. The molecule has 0 aromatic carbocycles. The summed E-state index contributed by atoms with van der Waals surface area (Å²) in [5.74, 6) is 0. The van der Waals surface area contributed by atoms with E-state index in [-0.39, 0.29) is 11.1 Å². The van der Waals surface area contributed by atoms with Gasteiger partial charge in [0.05, 0.1) is 0 Å². The van der Waals surface area contributed by atoms with E-state index in [0.29, 0.717) is 0 Å². The Balaban J connectivity index is 2.74. The van der Waals surface area contributed by atoms with Crippen molar-refractivity contribution in [3.63, 3.8) is 0 Å². The van der Waals surface area contributed by atoms with Crippen LogP contribution in [0.25, 0.3) is 0 Å². The highest BCUT2D eigenvalue weighted by molar-refractivity contribution is 4.95. The molecule has 1 heterocycles. The number of hydroxylamine groups is 2. The van der Waals surface area contributed by atoms with Gasteiger partial charge in [-0.1, -0.05) is 5.21 Å². The summed E-state index contributed by atoms with van der Waals surface area (Å²) in [7, 11) is 0. The lowest BCUT2D eigenvalue weighted by atomic mass is 10.0. The first-order valence-corrected chi connectivity index (χ1v) is 4.25. The third-order valence-electron chi connectivity index (χ3n) is 2.58. The van der Waals surface area contributed by atoms with Gasteiger partial charge in [0.2, 0.25) is 0 Å². The molecule has 1 aliphatic rings. The van der Waals surface area contributed by atoms with Crippen molar-refractivity contribution in [3.8, 4) is 0 Å². The molecule has 0 amide bonds. The molecule has 0 saturated carbocycles. The molecule has 0 unspecified atom stereocenters. The highest BCUT2D eigenvalue weighted by Gasteiger charge is 2.46. The summed E-state index contributed by atoms with van der Waals surface area (Å²) < 4.78 is 0. The fourth-order valence-corrected chi connectivity index (χ4v) is 1.92. The second-order valence-electron chi connectivity index (χ2n) is 4.59. The van der Waals surface area contributed by atoms with Crippen LogP contribution in [0.4, 0.5) is 0 Å². The quantitative estimate of drug-likeness (QED) is 0.642. The van der Waals surface area contributed by atoms with Crippen LogP contribution in [-0.2, 0) is 10.1 Å². The average molecular weight is 173 g/mol. The molecule has 1 radical (unpaired) electrons. The zero-order valence-electron chi connectivity index (χ0n) is 8.18. The van der Waals surface area contributed by atoms with Crippen molar-refractivity contribution in [3.05, 3.63) is 0 Å². The van der Waals surface area contributed by atoms with Crippen molar-refractivity contribution < 1.29 is 10.1 Å². The van der Waals surface area contributed by atoms with Crippen molar-refractivity contribution in [2.24, 2.45) is 0 Å². The standard InChI is InChI=1S/C8H17N2O2/c1-7(2)5-6-8(3,4)10(7)12-9-11/h9H,5-6H2,1-4H3. The smallest absolute Gasteiger partial charge is 0.0433 e. The first kappa shape index (κ1) is 9.92. The lowest BCUT2D eigenvalue weighted by Gasteiger charge is -2.36. The lowest BCUT2D eigenvalue weighted by molar-refractivity contribution is -0.352. The maximum Gasteiger partial charge on any atom is 0.0433 e. The molecule has 71 valence electrons. The molecule has 1 aliphatic heterocycles. The van der Waals surface area contributed by atoms with Crippen molar-refractivity contribution in [1.29, 1.82) is 0 Å². The van der Waals surface area contributed by atoms with E-state index in [9.17, 15) is 5.21 Å². The third kappa shape index (κ3) is 1.61. The molecule has 0 bridgehead atoms. The Morgan fingerprint density at radius 2 is 1.58 bits per heavy atom. The summed E-state index contributed by atoms with van der Waals surface area (Å²) in [6.07, 6.45) is 2.09. The van der Waals surface area contributed by atoms with Gasteiger partial charge in [0.25, 0.3) is 0 Å². The Morgan fingerprint density at radius 3 is 1.92 bits per heavy atom. The first-order valence-electron chi connectivity index (χ1n) is 4.25. The predicted molar refractivity (Wildman–Crippen MR) is 44.1 cm³/mol. The van der Waals surface area contributed by atoms with E-state index in [1.54, 1.807) is 5.06 Å². The second kappa shape index (κ2) is 2.96. The number of rotatable bonds is 2. The van der Waals surface area contributed by atoms with E-state index in [4.69, 9.17) is 4.94 Å². The zero-order valence-corrected chi connectivity index (χ0v) is 8.18. The summed E-state index contributed by atoms with van der Waals surface area (Å²) in [6.45, 7) is 8.27. The van der Waals surface area contributed by atoms with E-state index in [0.717, 1.165) is 12.8 Å². The van der Waals surface area contributed by atoms with Gasteiger partial charge in [-0.25, -0.2) is 0 Å². The maximum absolute atomic E-state index is 10.1. The number of nitrogens with one attached hydrogen (secondary N) is 1. The van der Waals surface area contributed by atoms with Gasteiger partial charge in [-0.15, -0.1) is 0 Å². The van der Waals surface area contributed by atoms with Gasteiger partial charge >= 0.3 is 0 Å². The molecule has 0 atom stereocenters. The average Bonchev–Trinajstić information content (AvgIpc) is 2.13. The lowest BCUT2D eigenvalue weighted by Crippen LogP contribution is -2.50. The van der Waals surface area contributed by atoms with Crippen LogP contribution in [0.15, 0.2) is 0 Å². The summed E-state index contributed by atoms with van der Waals surface area (Å²) >= 11 is 0. The largest absolute Gasteiger partial charge is 0.182 e. The van der Waals surface area contributed by atoms with E-state index in [1.807, 2.05) is 0 Å². The first-order chi connectivity index (χ1) is 5.40. The minimum atomic E-state index is -0.0547. The van der Waals surface area contributed by atoms with Gasteiger partial charge in [-0.05, 0) is 46.2 Å². The molecule has 4 nitrogen and oxygen atoms in total. The SMILES string of the molecule is CC1(C)CCC(C)(C)N1ON[O]. The van der Waals surface area contributed by atoms with Crippen LogP contribution >= 0.6 is 0 Å². The molecule has 4 heteroatoms. The van der Waals surface area contributed by atoms with Crippen LogP contribution in [-0.4, -0.2) is 16.1 Å². The molecule has 0 aromatic rings. The molecule has 1 rings (SSSR count). The Hall–Kier alpha value is -0.160. The van der Waals surface area contributed by atoms with Gasteiger partial charge < -0.3 is 0 Å². The Kier molecular flexibility index (Phi) is 2.45. The van der Waals surface area contributed by atoms with E-state index >= 15 is 0 Å². The topological polar surface area (TPSA) is 44.4 Å². The molecule has 0 aliphatic carbocycles. The molecular formula is C8H17N2O2.